The van der Waals surface area contributed by atoms with Crippen molar-refractivity contribution in [2.24, 2.45) is 11.8 Å². The number of hydrogen-bond donors (Lipinski definition) is 3. The summed E-state index contributed by atoms with van der Waals surface area (Å²) in [5, 5.41) is 14.6. The monoisotopic (exact) mass is 452 g/mol. The fourth-order valence-corrected chi connectivity index (χ4v) is 4.26. The van der Waals surface area contributed by atoms with Crippen LogP contribution < -0.4 is 10.6 Å². The lowest BCUT2D eigenvalue weighted by Crippen LogP contribution is -2.54. The third kappa shape index (κ3) is 5.72. The number of ether oxygens (including phenoxy) is 1. The van der Waals surface area contributed by atoms with Crippen LogP contribution in [0.1, 0.15) is 51.2 Å². The number of carboxylic acids is 1. The van der Waals surface area contributed by atoms with E-state index in [1.165, 1.54) is 0 Å². The largest absolute Gasteiger partial charge is 0.480 e. The van der Waals surface area contributed by atoms with Gasteiger partial charge in [0.1, 0.15) is 18.7 Å². The molecular weight excluding hydrogens is 420 g/mol. The number of carboxylic acid groups (broad SMARTS) is 1. The zero-order valence-electron chi connectivity index (χ0n) is 19.5. The minimum absolute atomic E-state index is 0.0862. The van der Waals surface area contributed by atoms with Crippen LogP contribution in [0.15, 0.2) is 48.5 Å². The molecule has 0 radical (unpaired) electrons. The van der Waals surface area contributed by atoms with Gasteiger partial charge in [-0.2, -0.15) is 0 Å². The fourth-order valence-electron chi connectivity index (χ4n) is 4.26. The van der Waals surface area contributed by atoms with Gasteiger partial charge in [0.05, 0.1) is 0 Å². The third-order valence-corrected chi connectivity index (χ3v) is 5.89. The van der Waals surface area contributed by atoms with Gasteiger partial charge in [-0.05, 0) is 40.5 Å². The smallest absolute Gasteiger partial charge is 0.407 e. The molecule has 0 aromatic heterocycles. The van der Waals surface area contributed by atoms with Gasteiger partial charge in [-0.3, -0.25) is 4.79 Å². The summed E-state index contributed by atoms with van der Waals surface area (Å²) in [6.45, 7) is 7.48. The van der Waals surface area contributed by atoms with E-state index < -0.39 is 30.1 Å². The highest BCUT2D eigenvalue weighted by Crippen LogP contribution is 2.44. The van der Waals surface area contributed by atoms with E-state index in [1.807, 2.05) is 50.2 Å². The van der Waals surface area contributed by atoms with Gasteiger partial charge < -0.3 is 20.5 Å². The summed E-state index contributed by atoms with van der Waals surface area (Å²) in [5.41, 5.74) is 4.46. The molecule has 1 aliphatic carbocycles. The molecule has 3 rings (SSSR count). The molecule has 0 fully saturated rings. The molecule has 2 amide bonds. The van der Waals surface area contributed by atoms with Crippen molar-refractivity contribution in [3.8, 4) is 11.1 Å². The minimum Gasteiger partial charge on any atom is -0.480 e. The van der Waals surface area contributed by atoms with Crippen molar-refractivity contribution < 1.29 is 24.2 Å². The number of carbonyl (C=O) groups excluding carboxylic acids is 2. The Balaban J connectivity index is 1.65. The molecule has 0 saturated heterocycles. The van der Waals surface area contributed by atoms with Crippen LogP contribution in [-0.4, -0.2) is 41.8 Å². The Bertz CT molecular complexity index is 972. The van der Waals surface area contributed by atoms with Crippen molar-refractivity contribution in [1.29, 1.82) is 0 Å². The molecule has 0 saturated carbocycles. The van der Waals surface area contributed by atoms with Crippen LogP contribution >= 0.6 is 0 Å². The molecule has 0 spiro atoms. The highest BCUT2D eigenvalue weighted by Gasteiger charge is 2.31. The number of nitrogens with one attached hydrogen (secondary N) is 2. The number of benzene rings is 2. The first-order valence-electron chi connectivity index (χ1n) is 11.3. The number of fused-ring (bicyclic) bond motifs is 3. The Morgan fingerprint density at radius 2 is 1.45 bits per heavy atom. The maximum absolute atomic E-state index is 12.8. The molecule has 0 aliphatic heterocycles. The molecule has 2 aromatic carbocycles. The Morgan fingerprint density at radius 3 is 1.94 bits per heavy atom. The van der Waals surface area contributed by atoms with Gasteiger partial charge in [0.2, 0.25) is 5.91 Å². The van der Waals surface area contributed by atoms with Gasteiger partial charge in [0, 0.05) is 5.92 Å². The molecule has 33 heavy (non-hydrogen) atoms. The van der Waals surface area contributed by atoms with Crippen molar-refractivity contribution in [3.63, 3.8) is 0 Å². The van der Waals surface area contributed by atoms with Gasteiger partial charge in [-0.15, -0.1) is 0 Å². The first-order valence-corrected chi connectivity index (χ1v) is 11.3. The minimum atomic E-state index is -1.10. The van der Waals surface area contributed by atoms with Crippen molar-refractivity contribution in [2.75, 3.05) is 6.61 Å². The zero-order chi connectivity index (χ0) is 24.1. The second-order valence-electron chi connectivity index (χ2n) is 9.22. The van der Waals surface area contributed by atoms with Gasteiger partial charge >= 0.3 is 12.1 Å². The summed E-state index contributed by atoms with van der Waals surface area (Å²) in [4.78, 5) is 36.9. The van der Waals surface area contributed by atoms with E-state index in [4.69, 9.17) is 4.74 Å². The summed E-state index contributed by atoms with van der Waals surface area (Å²) in [7, 11) is 0. The molecule has 0 heterocycles. The van der Waals surface area contributed by atoms with Crippen molar-refractivity contribution in [1.82, 2.24) is 10.6 Å². The standard InChI is InChI=1S/C26H32N2O5/c1-15(2)13-22(25(30)31)27-24(29)23(16(3)4)28-26(32)33-14-21-19-11-7-5-9-17(19)18-10-6-8-12-20(18)21/h5-12,15-16,21-23H,13-14H2,1-4H3,(H,27,29)(H,28,32)(H,30,31)/t22?,23-/m1/s1. The SMILES string of the molecule is CC(C)CC(NC(=O)[C@H](NC(=O)OCC1c2ccccc2-c2ccccc21)C(C)C)C(=O)O. The molecule has 176 valence electrons. The summed E-state index contributed by atoms with van der Waals surface area (Å²) in [6.07, 6.45) is -0.405. The Kier molecular flexibility index (Phi) is 7.74. The Hall–Kier alpha value is -3.35. The summed E-state index contributed by atoms with van der Waals surface area (Å²) < 4.78 is 5.54. The number of rotatable bonds is 9. The number of carbonyl (C=O) groups is 3. The zero-order valence-corrected chi connectivity index (χ0v) is 19.5. The van der Waals surface area contributed by atoms with Crippen LogP contribution in [0.5, 0.6) is 0 Å². The van der Waals surface area contributed by atoms with E-state index >= 15 is 0 Å². The molecule has 2 aromatic rings. The molecule has 1 unspecified atom stereocenters. The average Bonchev–Trinajstić information content (AvgIpc) is 3.08. The predicted octanol–water partition coefficient (Wildman–Crippen LogP) is 4.17. The number of amides is 2. The van der Waals surface area contributed by atoms with Crippen LogP contribution in [0.4, 0.5) is 4.79 Å². The maximum Gasteiger partial charge on any atom is 0.407 e. The van der Waals surface area contributed by atoms with E-state index in [9.17, 15) is 19.5 Å². The lowest BCUT2D eigenvalue weighted by atomic mass is 9.98. The normalized spacial score (nSPS) is 14.4. The number of aliphatic carboxylic acids is 1. The second-order valence-corrected chi connectivity index (χ2v) is 9.22. The van der Waals surface area contributed by atoms with Crippen LogP contribution in [0.2, 0.25) is 0 Å². The first kappa shape index (κ1) is 24.3. The fraction of sp³-hybridized carbons (Fsp3) is 0.423. The Morgan fingerprint density at radius 1 is 0.909 bits per heavy atom. The number of alkyl carbamates (subject to hydrolysis) is 1. The first-order chi connectivity index (χ1) is 15.7. The number of hydrogen-bond acceptors (Lipinski definition) is 4. The molecule has 0 bridgehead atoms. The second kappa shape index (κ2) is 10.5. The maximum atomic E-state index is 12.8. The van der Waals surface area contributed by atoms with E-state index in [-0.39, 0.29) is 24.4 Å². The van der Waals surface area contributed by atoms with E-state index in [0.717, 1.165) is 22.3 Å². The van der Waals surface area contributed by atoms with Crippen molar-refractivity contribution >= 4 is 18.0 Å². The van der Waals surface area contributed by atoms with Crippen LogP contribution in [-0.2, 0) is 14.3 Å². The lowest BCUT2D eigenvalue weighted by molar-refractivity contribution is -0.142. The van der Waals surface area contributed by atoms with Crippen LogP contribution in [0.25, 0.3) is 11.1 Å². The van der Waals surface area contributed by atoms with E-state index in [2.05, 4.69) is 22.8 Å². The molecule has 3 N–H and O–H groups in total. The van der Waals surface area contributed by atoms with Crippen molar-refractivity contribution in [2.45, 2.75) is 52.1 Å². The predicted molar refractivity (Wildman–Crippen MR) is 126 cm³/mol. The molecule has 7 heteroatoms. The quantitative estimate of drug-likeness (QED) is 0.530. The topological polar surface area (TPSA) is 105 Å². The van der Waals surface area contributed by atoms with E-state index in [0.29, 0.717) is 6.42 Å². The van der Waals surface area contributed by atoms with Crippen molar-refractivity contribution in [3.05, 3.63) is 59.7 Å². The van der Waals surface area contributed by atoms with Gasteiger partial charge in [-0.25, -0.2) is 9.59 Å². The van der Waals surface area contributed by atoms with E-state index in [1.54, 1.807) is 13.8 Å². The third-order valence-electron chi connectivity index (χ3n) is 5.89. The summed E-state index contributed by atoms with van der Waals surface area (Å²) >= 11 is 0. The van der Waals surface area contributed by atoms with Gasteiger partial charge in [0.25, 0.3) is 0 Å². The lowest BCUT2D eigenvalue weighted by Gasteiger charge is -2.24. The molecular formula is C26H32N2O5. The highest BCUT2D eigenvalue weighted by atomic mass is 16.5. The summed E-state index contributed by atoms with van der Waals surface area (Å²) in [6, 6.07) is 14.2. The highest BCUT2D eigenvalue weighted by molar-refractivity contribution is 5.89. The average molecular weight is 453 g/mol. The molecule has 1 aliphatic rings. The van der Waals surface area contributed by atoms with Crippen LogP contribution in [0.3, 0.4) is 0 Å². The summed E-state index contributed by atoms with van der Waals surface area (Å²) in [5.74, 6) is -1.87. The molecule has 2 atom stereocenters. The Labute approximate surface area is 194 Å². The molecule has 7 nitrogen and oxygen atoms in total. The van der Waals surface area contributed by atoms with Gasteiger partial charge in [0.15, 0.2) is 0 Å². The van der Waals surface area contributed by atoms with Gasteiger partial charge in [-0.1, -0.05) is 76.2 Å². The van der Waals surface area contributed by atoms with Crippen LogP contribution in [0, 0.1) is 11.8 Å².